The molecule has 0 saturated carbocycles. The number of aliphatic carboxylic acids is 1. The van der Waals surface area contributed by atoms with Crippen LogP contribution in [-0.2, 0) is 23.2 Å². The van der Waals surface area contributed by atoms with Crippen molar-refractivity contribution in [3.8, 4) is 0 Å². The van der Waals surface area contributed by atoms with Gasteiger partial charge in [-0.3, -0.25) is 14.2 Å². The van der Waals surface area contributed by atoms with Crippen LogP contribution in [0.1, 0.15) is 24.4 Å². The fourth-order valence-electron chi connectivity index (χ4n) is 3.81. The third-order valence-corrected chi connectivity index (χ3v) is 5.61. The second kappa shape index (κ2) is 9.05. The van der Waals surface area contributed by atoms with E-state index < -0.39 is 17.1 Å². The number of ether oxygens (including phenoxy) is 1. The average molecular weight is 461 g/mol. The molecule has 3 aromatic heterocycles. The molecule has 32 heavy (non-hydrogen) atoms. The second-order valence-electron chi connectivity index (χ2n) is 7.53. The molecule has 4 rings (SSSR count). The number of pyridine rings is 1. The van der Waals surface area contributed by atoms with E-state index in [0.717, 1.165) is 0 Å². The summed E-state index contributed by atoms with van der Waals surface area (Å²) in [7, 11) is 1.53. The molecule has 1 aliphatic rings. The van der Waals surface area contributed by atoms with Crippen molar-refractivity contribution in [1.29, 1.82) is 0 Å². The van der Waals surface area contributed by atoms with Gasteiger partial charge in [-0.05, 0) is 18.9 Å². The highest BCUT2D eigenvalue weighted by molar-refractivity contribution is 6.31. The molecular formula is C20H21ClN6O5. The van der Waals surface area contributed by atoms with Gasteiger partial charge in [0.15, 0.2) is 5.65 Å². The van der Waals surface area contributed by atoms with Gasteiger partial charge >= 0.3 is 17.1 Å². The second-order valence-corrected chi connectivity index (χ2v) is 7.97. The van der Waals surface area contributed by atoms with Gasteiger partial charge in [-0.2, -0.15) is 0 Å². The molecule has 0 radical (unpaired) electrons. The van der Waals surface area contributed by atoms with E-state index >= 15 is 0 Å². The van der Waals surface area contributed by atoms with E-state index in [4.69, 9.17) is 21.4 Å². The van der Waals surface area contributed by atoms with Gasteiger partial charge in [0.2, 0.25) is 5.95 Å². The van der Waals surface area contributed by atoms with E-state index in [1.807, 2.05) is 4.90 Å². The highest BCUT2D eigenvalue weighted by Crippen LogP contribution is 2.26. The fraction of sp³-hybridized carbons (Fsp3) is 0.400. The molecular weight excluding hydrogens is 440 g/mol. The van der Waals surface area contributed by atoms with Crippen LogP contribution in [0.3, 0.4) is 0 Å². The maximum absolute atomic E-state index is 12.8. The van der Waals surface area contributed by atoms with Gasteiger partial charge in [-0.25, -0.2) is 19.7 Å². The fourth-order valence-corrected chi connectivity index (χ4v) is 3.96. The molecule has 1 saturated heterocycles. The Kier molecular flexibility index (Phi) is 6.19. The molecule has 3 aromatic rings. The maximum Gasteiger partial charge on any atom is 0.329 e. The zero-order valence-corrected chi connectivity index (χ0v) is 18.0. The van der Waals surface area contributed by atoms with E-state index in [2.05, 4.69) is 15.0 Å². The number of fused-ring (bicyclic) bond motifs is 1. The molecule has 0 aromatic carbocycles. The van der Waals surface area contributed by atoms with Gasteiger partial charge in [0.05, 0.1) is 17.1 Å². The predicted octanol–water partition coefficient (Wildman–Crippen LogP) is 0.981. The van der Waals surface area contributed by atoms with Crippen molar-refractivity contribution >= 4 is 34.7 Å². The number of hydrogen-bond acceptors (Lipinski definition) is 8. The molecule has 0 spiro atoms. The van der Waals surface area contributed by atoms with Crippen LogP contribution in [0.2, 0.25) is 5.02 Å². The molecule has 1 N–H and O–H groups in total. The van der Waals surface area contributed by atoms with Crippen molar-refractivity contribution < 1.29 is 14.6 Å². The Bertz CT molecular complexity index is 1260. The molecule has 12 heteroatoms. The first kappa shape index (κ1) is 21.9. The van der Waals surface area contributed by atoms with E-state index in [0.29, 0.717) is 53.6 Å². The average Bonchev–Trinajstić information content (AvgIpc) is 2.79. The van der Waals surface area contributed by atoms with Crippen molar-refractivity contribution in [2.45, 2.75) is 25.5 Å². The van der Waals surface area contributed by atoms with Crippen LogP contribution in [0.15, 0.2) is 34.2 Å². The van der Waals surface area contributed by atoms with Gasteiger partial charge in [0, 0.05) is 50.3 Å². The smallest absolute Gasteiger partial charge is 0.329 e. The zero-order valence-electron chi connectivity index (χ0n) is 17.3. The van der Waals surface area contributed by atoms with Crippen molar-refractivity contribution in [3.05, 3.63) is 56.0 Å². The third kappa shape index (κ3) is 4.34. The molecule has 0 unspecified atom stereocenters. The minimum atomic E-state index is -1.04. The summed E-state index contributed by atoms with van der Waals surface area (Å²) in [5, 5.41) is 9.00. The summed E-state index contributed by atoms with van der Waals surface area (Å²) >= 11 is 6.04. The van der Waals surface area contributed by atoms with Crippen molar-refractivity contribution in [3.63, 3.8) is 0 Å². The molecule has 0 atom stereocenters. The summed E-state index contributed by atoms with van der Waals surface area (Å²) in [5.41, 5.74) is 0.395. The summed E-state index contributed by atoms with van der Waals surface area (Å²) in [6.45, 7) is 0.921. The zero-order chi connectivity index (χ0) is 22.8. The SMILES string of the molecule is Cn1c(=O)c(=O)n(C2CCN(c3ncc(COCC(=O)O)cn3)CC2)c2ncc(Cl)cc21. The predicted molar refractivity (Wildman–Crippen MR) is 116 cm³/mol. The Morgan fingerprint density at radius 3 is 2.50 bits per heavy atom. The standard InChI is InChI=1S/C20H21ClN6O5/c1-25-15-6-13(21)9-22-17(15)27(19(31)18(25)30)14-2-4-26(5-3-14)20-23-7-12(8-24-20)10-32-11-16(28)29/h6-9,14H,2-5,10-11H2,1H3,(H,28,29). The number of carboxylic acid groups (broad SMARTS) is 1. The molecule has 0 amide bonds. The highest BCUT2D eigenvalue weighted by Gasteiger charge is 2.26. The van der Waals surface area contributed by atoms with Crippen LogP contribution in [0.5, 0.6) is 0 Å². The van der Waals surface area contributed by atoms with Gasteiger partial charge < -0.3 is 19.3 Å². The monoisotopic (exact) mass is 460 g/mol. The first-order valence-corrected chi connectivity index (χ1v) is 10.3. The number of aryl methyl sites for hydroxylation is 1. The number of nitrogens with zero attached hydrogens (tertiary/aromatic N) is 6. The molecule has 0 bridgehead atoms. The molecule has 1 fully saturated rings. The minimum Gasteiger partial charge on any atom is -0.480 e. The molecule has 4 heterocycles. The Morgan fingerprint density at radius 2 is 1.84 bits per heavy atom. The number of rotatable bonds is 6. The number of aromatic nitrogens is 5. The Hall–Kier alpha value is -3.31. The number of carboxylic acids is 1. The molecule has 0 aliphatic carbocycles. The van der Waals surface area contributed by atoms with Crippen molar-refractivity contribution in [2.75, 3.05) is 24.6 Å². The maximum atomic E-state index is 12.8. The number of hydrogen-bond donors (Lipinski definition) is 1. The Balaban J connectivity index is 1.50. The summed E-state index contributed by atoms with van der Waals surface area (Å²) in [6, 6.07) is 1.44. The van der Waals surface area contributed by atoms with Crippen molar-refractivity contribution in [1.82, 2.24) is 24.1 Å². The van der Waals surface area contributed by atoms with Gasteiger partial charge in [0.1, 0.15) is 6.61 Å². The summed E-state index contributed by atoms with van der Waals surface area (Å²) in [5.74, 6) is -0.497. The summed E-state index contributed by atoms with van der Waals surface area (Å²) in [6.07, 6.45) is 5.89. The van der Waals surface area contributed by atoms with Gasteiger partial charge in [0.25, 0.3) is 0 Å². The Labute approximate surface area is 186 Å². The third-order valence-electron chi connectivity index (χ3n) is 5.41. The van der Waals surface area contributed by atoms with Crippen molar-refractivity contribution in [2.24, 2.45) is 7.05 Å². The lowest BCUT2D eigenvalue weighted by molar-refractivity contribution is -0.142. The molecule has 168 valence electrons. The first-order valence-electron chi connectivity index (χ1n) is 9.97. The summed E-state index contributed by atoms with van der Waals surface area (Å²) < 4.78 is 7.79. The van der Waals surface area contributed by atoms with Gasteiger partial charge in [-0.1, -0.05) is 11.6 Å². The minimum absolute atomic E-state index is 0.116. The lowest BCUT2D eigenvalue weighted by Gasteiger charge is -2.33. The van der Waals surface area contributed by atoms with Crippen LogP contribution in [0, 0.1) is 0 Å². The number of anilines is 1. The largest absolute Gasteiger partial charge is 0.480 e. The highest BCUT2D eigenvalue weighted by atomic mass is 35.5. The van der Waals surface area contributed by atoms with Crippen LogP contribution in [0.25, 0.3) is 11.2 Å². The lowest BCUT2D eigenvalue weighted by atomic mass is 10.0. The molecule has 1 aliphatic heterocycles. The quantitative estimate of drug-likeness (QED) is 0.534. The normalized spacial score (nSPS) is 14.8. The van der Waals surface area contributed by atoms with E-state index in [9.17, 15) is 14.4 Å². The van der Waals surface area contributed by atoms with Crippen LogP contribution in [0.4, 0.5) is 5.95 Å². The van der Waals surface area contributed by atoms with E-state index in [1.165, 1.54) is 22.4 Å². The summed E-state index contributed by atoms with van der Waals surface area (Å²) in [4.78, 5) is 50.8. The van der Waals surface area contributed by atoms with Gasteiger partial charge in [-0.15, -0.1) is 0 Å². The van der Waals surface area contributed by atoms with E-state index in [1.54, 1.807) is 18.5 Å². The van der Waals surface area contributed by atoms with Crippen LogP contribution in [-0.4, -0.2) is 54.9 Å². The molecule has 11 nitrogen and oxygen atoms in total. The number of carbonyl (C=O) groups is 1. The topological polar surface area (TPSA) is 132 Å². The lowest BCUT2D eigenvalue weighted by Crippen LogP contribution is -2.45. The van der Waals surface area contributed by atoms with Crippen LogP contribution >= 0.6 is 11.6 Å². The number of halogens is 1. The van der Waals surface area contributed by atoms with E-state index in [-0.39, 0.29) is 19.3 Å². The Morgan fingerprint density at radius 1 is 1.16 bits per heavy atom. The first-order chi connectivity index (χ1) is 15.3. The van der Waals surface area contributed by atoms with Crippen LogP contribution < -0.4 is 16.0 Å². The number of piperidine rings is 1.